The molecule has 0 bridgehead atoms. The quantitative estimate of drug-likeness (QED) is 0.115. The van der Waals surface area contributed by atoms with Crippen molar-refractivity contribution in [3.63, 3.8) is 0 Å². The molecule has 0 N–H and O–H groups in total. The predicted octanol–water partition coefficient (Wildman–Crippen LogP) is 7.07. The van der Waals surface area contributed by atoms with Crippen LogP contribution in [-0.4, -0.2) is 30.0 Å². The zero-order chi connectivity index (χ0) is 30.5. The van der Waals surface area contributed by atoms with Crippen molar-refractivity contribution in [3.8, 4) is 22.6 Å². The average Bonchev–Trinajstić information content (AvgIpc) is 3.28. The molecule has 43 heavy (non-hydrogen) atoms. The molecule has 8 nitrogen and oxygen atoms in total. The minimum absolute atomic E-state index is 0.0344. The van der Waals surface area contributed by atoms with Gasteiger partial charge in [-0.1, -0.05) is 38.6 Å². The molecule has 1 fully saturated rings. The number of carbonyl (C=O) groups is 4. The highest BCUT2D eigenvalue weighted by Gasteiger charge is 2.28. The van der Waals surface area contributed by atoms with Gasteiger partial charge in [-0.15, -0.1) is 0 Å². The van der Waals surface area contributed by atoms with Gasteiger partial charge in [0.1, 0.15) is 17.6 Å². The van der Waals surface area contributed by atoms with Crippen LogP contribution in [-0.2, 0) is 19.1 Å². The number of hydrogen-bond donors (Lipinski definition) is 0. The summed E-state index contributed by atoms with van der Waals surface area (Å²) in [6.07, 6.45) is 5.68. The predicted molar refractivity (Wildman–Crippen MR) is 159 cm³/mol. The van der Waals surface area contributed by atoms with Gasteiger partial charge in [0.05, 0.1) is 23.8 Å². The van der Waals surface area contributed by atoms with E-state index in [2.05, 4.69) is 13.2 Å². The van der Waals surface area contributed by atoms with E-state index in [9.17, 15) is 19.2 Å². The topological polar surface area (TPSA) is 105 Å². The molecule has 0 radical (unpaired) electrons. The Morgan fingerprint density at radius 1 is 0.791 bits per heavy atom. The summed E-state index contributed by atoms with van der Waals surface area (Å²) in [4.78, 5) is 49.7. The van der Waals surface area contributed by atoms with Crippen LogP contribution in [0.4, 0.5) is 0 Å². The third-order valence-electron chi connectivity index (χ3n) is 7.73. The van der Waals surface area contributed by atoms with Crippen LogP contribution in [0, 0.1) is 0 Å². The molecule has 0 spiro atoms. The molecule has 8 heteroatoms. The molecule has 3 aromatic rings. The van der Waals surface area contributed by atoms with Gasteiger partial charge in [-0.25, -0.2) is 14.4 Å². The summed E-state index contributed by atoms with van der Waals surface area (Å²) in [7, 11) is 0. The summed E-state index contributed by atoms with van der Waals surface area (Å²) < 4.78 is 21.3. The van der Waals surface area contributed by atoms with Gasteiger partial charge in [0.2, 0.25) is 0 Å². The summed E-state index contributed by atoms with van der Waals surface area (Å²) >= 11 is 0. The fourth-order valence-corrected chi connectivity index (χ4v) is 5.47. The van der Waals surface area contributed by atoms with Crippen molar-refractivity contribution >= 4 is 23.9 Å². The van der Waals surface area contributed by atoms with E-state index in [1.165, 1.54) is 24.3 Å². The van der Waals surface area contributed by atoms with Crippen LogP contribution in [0.25, 0.3) is 11.1 Å². The van der Waals surface area contributed by atoms with Crippen molar-refractivity contribution in [3.05, 3.63) is 108 Å². The maximum Gasteiger partial charge on any atom is 0.343 e. The van der Waals surface area contributed by atoms with E-state index in [4.69, 9.17) is 18.9 Å². The standard InChI is InChI=1S/C35H32O8/c1-4-40-34(38)23-10-13-26(14-11-23)42-35(39)24-12-16-28-29-17-15-27(20-31(29)22(3)30(28)19-24)43-33(37)21(2)18-32(36)41-25-8-6-5-7-9-25/h4,10-17,19-20,22,25H,1-2,5-9,18H2,3H3. The Bertz CT molecular complexity index is 1590. The van der Waals surface area contributed by atoms with Gasteiger partial charge in [0, 0.05) is 11.5 Å². The molecule has 0 heterocycles. The molecule has 1 unspecified atom stereocenters. The smallest absolute Gasteiger partial charge is 0.343 e. The lowest BCUT2D eigenvalue weighted by Crippen LogP contribution is -2.22. The molecule has 5 rings (SSSR count). The van der Waals surface area contributed by atoms with E-state index in [0.717, 1.165) is 60.6 Å². The second-order valence-corrected chi connectivity index (χ2v) is 10.7. The van der Waals surface area contributed by atoms with E-state index >= 15 is 0 Å². The van der Waals surface area contributed by atoms with Crippen molar-refractivity contribution in [2.45, 2.75) is 57.5 Å². The monoisotopic (exact) mass is 580 g/mol. The van der Waals surface area contributed by atoms with Crippen molar-refractivity contribution < 1.29 is 38.1 Å². The number of esters is 4. The Labute approximate surface area is 249 Å². The molecule has 3 aromatic carbocycles. The summed E-state index contributed by atoms with van der Waals surface area (Å²) in [5.41, 5.74) is 4.52. The first kappa shape index (κ1) is 29.5. The fraction of sp³-hybridized carbons (Fsp3) is 0.257. The van der Waals surface area contributed by atoms with Crippen LogP contribution < -0.4 is 9.47 Å². The summed E-state index contributed by atoms with van der Waals surface area (Å²) in [5.74, 6) is -1.71. The van der Waals surface area contributed by atoms with Crippen molar-refractivity contribution in [2.24, 2.45) is 0 Å². The number of carbonyl (C=O) groups excluding carboxylic acids is 4. The lowest BCUT2D eigenvalue weighted by Gasteiger charge is -2.21. The van der Waals surface area contributed by atoms with E-state index < -0.39 is 23.9 Å². The van der Waals surface area contributed by atoms with E-state index in [1.54, 1.807) is 24.3 Å². The van der Waals surface area contributed by atoms with Gasteiger partial charge in [-0.05, 0) is 96.5 Å². The zero-order valence-corrected chi connectivity index (χ0v) is 23.9. The number of fused-ring (bicyclic) bond motifs is 3. The molecule has 0 aromatic heterocycles. The van der Waals surface area contributed by atoms with Crippen LogP contribution >= 0.6 is 0 Å². The lowest BCUT2D eigenvalue weighted by molar-refractivity contribution is -0.150. The first-order valence-electron chi connectivity index (χ1n) is 14.3. The van der Waals surface area contributed by atoms with Crippen molar-refractivity contribution in [2.75, 3.05) is 0 Å². The Hall–Kier alpha value is -4.98. The summed E-state index contributed by atoms with van der Waals surface area (Å²) in [6, 6.07) is 16.8. The summed E-state index contributed by atoms with van der Waals surface area (Å²) in [6.45, 7) is 9.10. The average molecular weight is 581 g/mol. The van der Waals surface area contributed by atoms with E-state index in [1.807, 2.05) is 19.1 Å². The Morgan fingerprint density at radius 2 is 1.42 bits per heavy atom. The van der Waals surface area contributed by atoms with E-state index in [0.29, 0.717) is 16.9 Å². The normalized spacial score (nSPS) is 15.4. The number of benzene rings is 3. The third-order valence-corrected chi connectivity index (χ3v) is 7.73. The first-order chi connectivity index (χ1) is 20.7. The molecular weight excluding hydrogens is 548 g/mol. The Balaban J connectivity index is 1.21. The van der Waals surface area contributed by atoms with Gasteiger partial charge < -0.3 is 18.9 Å². The Morgan fingerprint density at radius 3 is 2.12 bits per heavy atom. The molecule has 0 amide bonds. The summed E-state index contributed by atoms with van der Waals surface area (Å²) in [5, 5.41) is 0. The number of hydrogen-bond acceptors (Lipinski definition) is 8. The molecule has 0 aliphatic heterocycles. The van der Waals surface area contributed by atoms with Crippen LogP contribution in [0.15, 0.2) is 85.7 Å². The van der Waals surface area contributed by atoms with Gasteiger partial charge in [-0.3, -0.25) is 4.79 Å². The van der Waals surface area contributed by atoms with Crippen LogP contribution in [0.3, 0.4) is 0 Å². The highest BCUT2D eigenvalue weighted by molar-refractivity contribution is 5.95. The molecule has 2 aliphatic carbocycles. The Kier molecular flexibility index (Phi) is 8.85. The second kappa shape index (κ2) is 12.9. The van der Waals surface area contributed by atoms with Gasteiger partial charge in [0.15, 0.2) is 0 Å². The third kappa shape index (κ3) is 6.75. The molecular formula is C35H32O8. The molecule has 1 atom stereocenters. The lowest BCUT2D eigenvalue weighted by atomic mass is 9.98. The fourth-order valence-electron chi connectivity index (χ4n) is 5.47. The van der Waals surface area contributed by atoms with Crippen LogP contribution in [0.2, 0.25) is 0 Å². The zero-order valence-electron chi connectivity index (χ0n) is 23.9. The van der Waals surface area contributed by atoms with Crippen molar-refractivity contribution in [1.82, 2.24) is 0 Å². The second-order valence-electron chi connectivity index (χ2n) is 10.7. The first-order valence-corrected chi connectivity index (χ1v) is 14.3. The molecule has 0 saturated heterocycles. The highest BCUT2D eigenvalue weighted by atomic mass is 16.6. The SMILES string of the molecule is C=COC(=O)c1ccc(OC(=O)c2ccc3c(c2)C(C)c2cc(OC(=O)C(=C)CC(=O)OC4CCCCC4)ccc2-3)cc1. The molecule has 2 aliphatic rings. The molecule has 1 saturated carbocycles. The maximum atomic E-state index is 12.9. The largest absolute Gasteiger partial charge is 0.462 e. The van der Waals surface area contributed by atoms with Crippen LogP contribution in [0.5, 0.6) is 11.5 Å². The van der Waals surface area contributed by atoms with Crippen LogP contribution in [0.1, 0.15) is 83.2 Å². The van der Waals surface area contributed by atoms with Gasteiger partial charge in [0.25, 0.3) is 0 Å². The number of ether oxygens (including phenoxy) is 4. The number of rotatable bonds is 9. The minimum Gasteiger partial charge on any atom is -0.462 e. The highest BCUT2D eigenvalue weighted by Crippen LogP contribution is 2.46. The van der Waals surface area contributed by atoms with Crippen molar-refractivity contribution in [1.29, 1.82) is 0 Å². The molecule has 220 valence electrons. The minimum atomic E-state index is -0.681. The van der Waals surface area contributed by atoms with Gasteiger partial charge >= 0.3 is 23.9 Å². The maximum absolute atomic E-state index is 12.9. The van der Waals surface area contributed by atoms with Gasteiger partial charge in [-0.2, -0.15) is 0 Å². The van der Waals surface area contributed by atoms with E-state index in [-0.39, 0.29) is 29.8 Å².